The average molecular weight is 865 g/mol. The second-order valence-corrected chi connectivity index (χ2v) is 17.7. The highest BCUT2D eigenvalue weighted by atomic mass is 15.1. The third-order valence-electron chi connectivity index (χ3n) is 13.8. The average Bonchev–Trinajstić information content (AvgIpc) is 3.76. The van der Waals surface area contributed by atoms with Gasteiger partial charge in [0.15, 0.2) is 0 Å². The van der Waals surface area contributed by atoms with E-state index in [1.807, 2.05) is 0 Å². The van der Waals surface area contributed by atoms with Crippen molar-refractivity contribution in [2.75, 3.05) is 4.90 Å². The highest BCUT2D eigenvalue weighted by Gasteiger charge is 2.19. The molecule has 2 nitrogen and oxygen atoms in total. The summed E-state index contributed by atoms with van der Waals surface area (Å²) in [5, 5.41) is 9.97. The molecule has 0 fully saturated rings. The van der Waals surface area contributed by atoms with Crippen LogP contribution < -0.4 is 4.90 Å². The predicted molar refractivity (Wildman–Crippen MR) is 290 cm³/mol. The van der Waals surface area contributed by atoms with Gasteiger partial charge in [-0.15, -0.1) is 0 Å². The molecule has 0 aliphatic rings. The Labute approximate surface area is 395 Å². The first-order valence-corrected chi connectivity index (χ1v) is 23.4. The lowest BCUT2D eigenvalue weighted by atomic mass is 9.89. The van der Waals surface area contributed by atoms with E-state index in [9.17, 15) is 0 Å². The van der Waals surface area contributed by atoms with Gasteiger partial charge in [0, 0.05) is 38.9 Å². The summed E-state index contributed by atoms with van der Waals surface area (Å²) in [5.41, 5.74) is 16.4. The van der Waals surface area contributed by atoms with Gasteiger partial charge >= 0.3 is 0 Å². The normalized spacial score (nSPS) is 11.5. The summed E-state index contributed by atoms with van der Waals surface area (Å²) in [6, 6.07) is 97.4. The van der Waals surface area contributed by atoms with E-state index in [0.717, 1.165) is 28.3 Å². The molecule has 68 heavy (non-hydrogen) atoms. The van der Waals surface area contributed by atoms with E-state index in [4.69, 9.17) is 0 Å². The molecule has 0 unspecified atom stereocenters. The van der Waals surface area contributed by atoms with Crippen LogP contribution in [0.25, 0.3) is 104 Å². The number of rotatable bonds is 8. The molecule has 13 aromatic rings. The molecule has 13 rings (SSSR count). The monoisotopic (exact) mass is 864 g/mol. The van der Waals surface area contributed by atoms with Gasteiger partial charge in [-0.1, -0.05) is 212 Å². The van der Waals surface area contributed by atoms with Gasteiger partial charge < -0.3 is 9.47 Å². The molecule has 12 aromatic carbocycles. The number of para-hydroxylation sites is 1. The van der Waals surface area contributed by atoms with Crippen molar-refractivity contribution in [3.05, 3.63) is 267 Å². The lowest BCUT2D eigenvalue weighted by molar-refractivity contribution is 1.19. The molecule has 1 aromatic heterocycles. The zero-order valence-electron chi connectivity index (χ0n) is 37.3. The van der Waals surface area contributed by atoms with E-state index in [2.05, 4.69) is 276 Å². The summed E-state index contributed by atoms with van der Waals surface area (Å²) in [6.45, 7) is 0. The third kappa shape index (κ3) is 6.73. The molecule has 0 atom stereocenters. The molecule has 0 saturated heterocycles. The summed E-state index contributed by atoms with van der Waals surface area (Å²) < 4.78 is 2.44. The Bertz CT molecular complexity index is 4000. The Balaban J connectivity index is 0.920. The molecule has 0 aliphatic carbocycles. The van der Waals surface area contributed by atoms with Crippen LogP contribution in [0, 0.1) is 0 Å². The first-order valence-electron chi connectivity index (χ1n) is 23.4. The smallest absolute Gasteiger partial charge is 0.0619 e. The summed E-state index contributed by atoms with van der Waals surface area (Å²) in [6.07, 6.45) is 0. The molecule has 0 aliphatic heterocycles. The number of hydrogen-bond acceptors (Lipinski definition) is 1. The second kappa shape index (κ2) is 16.5. The molecule has 318 valence electrons. The number of hydrogen-bond donors (Lipinski definition) is 0. The van der Waals surface area contributed by atoms with Crippen LogP contribution in [0.2, 0.25) is 0 Å². The van der Waals surface area contributed by atoms with Gasteiger partial charge in [-0.05, 0) is 126 Å². The van der Waals surface area contributed by atoms with Gasteiger partial charge in [-0.25, -0.2) is 0 Å². The first kappa shape index (κ1) is 39.4. The minimum Gasteiger partial charge on any atom is -0.310 e. The van der Waals surface area contributed by atoms with Crippen LogP contribution in [0.15, 0.2) is 267 Å². The lowest BCUT2D eigenvalue weighted by Crippen LogP contribution is -2.10. The maximum atomic E-state index is 2.44. The molecule has 0 spiro atoms. The standard InChI is InChI=1S/C66H44N2/c1-3-15-46(16-4-1)57-22-11-13-25-61(57)62-26-14-12-23-58(62)49-31-37-54(38-32-49)67(55-39-42-59-51(43-55)28-27-47-17-7-9-21-56(47)59)53-35-29-45(30-36-53)50-34-40-63-64-41-33-48-18-8-10-24-60(48)66(64)68(65(63)44-50)52-19-5-2-6-20-52/h1-44H. The molecule has 0 N–H and O–H groups in total. The Morgan fingerprint density at radius 1 is 0.250 bits per heavy atom. The van der Waals surface area contributed by atoms with Crippen molar-refractivity contribution in [2.45, 2.75) is 0 Å². The van der Waals surface area contributed by atoms with Crippen molar-refractivity contribution in [3.63, 3.8) is 0 Å². The van der Waals surface area contributed by atoms with Gasteiger partial charge in [-0.2, -0.15) is 0 Å². The maximum Gasteiger partial charge on any atom is 0.0619 e. The van der Waals surface area contributed by atoms with Crippen molar-refractivity contribution in [1.82, 2.24) is 4.57 Å². The van der Waals surface area contributed by atoms with E-state index >= 15 is 0 Å². The van der Waals surface area contributed by atoms with Gasteiger partial charge in [0.2, 0.25) is 0 Å². The number of anilines is 3. The van der Waals surface area contributed by atoms with E-state index in [1.165, 1.54) is 93.1 Å². The summed E-state index contributed by atoms with van der Waals surface area (Å²) >= 11 is 0. The number of fused-ring (bicyclic) bond motifs is 8. The van der Waals surface area contributed by atoms with Gasteiger partial charge in [0.25, 0.3) is 0 Å². The molecular formula is C66H44N2. The van der Waals surface area contributed by atoms with Crippen LogP contribution in [-0.2, 0) is 0 Å². The Hall–Kier alpha value is -8.98. The number of nitrogens with zero attached hydrogens (tertiary/aromatic N) is 2. The zero-order valence-corrected chi connectivity index (χ0v) is 37.3. The zero-order chi connectivity index (χ0) is 45.0. The Morgan fingerprint density at radius 2 is 0.706 bits per heavy atom. The predicted octanol–water partition coefficient (Wildman–Crippen LogP) is 18.4. The van der Waals surface area contributed by atoms with Crippen molar-refractivity contribution in [2.24, 2.45) is 0 Å². The van der Waals surface area contributed by atoms with Crippen LogP contribution in [-0.4, -0.2) is 4.57 Å². The fourth-order valence-corrected chi connectivity index (χ4v) is 10.5. The minimum atomic E-state index is 1.09. The lowest BCUT2D eigenvalue weighted by Gasteiger charge is -2.26. The largest absolute Gasteiger partial charge is 0.310 e. The fraction of sp³-hybridized carbons (Fsp3) is 0. The topological polar surface area (TPSA) is 8.17 Å². The summed E-state index contributed by atoms with van der Waals surface area (Å²) in [4.78, 5) is 2.39. The minimum absolute atomic E-state index is 1.09. The van der Waals surface area contributed by atoms with E-state index in [0.29, 0.717) is 0 Å². The van der Waals surface area contributed by atoms with Crippen LogP contribution in [0.4, 0.5) is 17.1 Å². The van der Waals surface area contributed by atoms with Crippen molar-refractivity contribution >= 4 is 71.2 Å². The van der Waals surface area contributed by atoms with Crippen molar-refractivity contribution < 1.29 is 0 Å². The van der Waals surface area contributed by atoms with Crippen LogP contribution in [0.5, 0.6) is 0 Å². The molecule has 1 heterocycles. The number of aromatic nitrogens is 1. The van der Waals surface area contributed by atoms with Crippen LogP contribution in [0.3, 0.4) is 0 Å². The van der Waals surface area contributed by atoms with Crippen molar-refractivity contribution in [1.29, 1.82) is 0 Å². The maximum absolute atomic E-state index is 2.44. The molecule has 0 saturated carbocycles. The SMILES string of the molecule is c1ccc(-c2ccccc2-c2ccccc2-c2ccc(N(c3ccc(-c4ccc5c6ccc7ccccc7c6n(-c6ccccc6)c5c4)cc3)c3ccc4c(ccc5ccccc54)c3)cc2)cc1. The Kier molecular flexibility index (Phi) is 9.54. The van der Waals surface area contributed by atoms with E-state index in [1.54, 1.807) is 0 Å². The Morgan fingerprint density at radius 3 is 1.40 bits per heavy atom. The van der Waals surface area contributed by atoms with Gasteiger partial charge in [0.1, 0.15) is 0 Å². The van der Waals surface area contributed by atoms with E-state index in [-0.39, 0.29) is 0 Å². The van der Waals surface area contributed by atoms with Crippen LogP contribution >= 0.6 is 0 Å². The summed E-state index contributed by atoms with van der Waals surface area (Å²) in [7, 11) is 0. The molecular weight excluding hydrogens is 821 g/mol. The molecule has 2 heteroatoms. The van der Waals surface area contributed by atoms with Crippen LogP contribution in [0.1, 0.15) is 0 Å². The third-order valence-corrected chi connectivity index (χ3v) is 13.8. The highest BCUT2D eigenvalue weighted by Crippen LogP contribution is 2.43. The molecule has 0 bridgehead atoms. The molecule has 0 radical (unpaired) electrons. The van der Waals surface area contributed by atoms with Crippen molar-refractivity contribution in [3.8, 4) is 50.2 Å². The van der Waals surface area contributed by atoms with E-state index < -0.39 is 0 Å². The quantitative estimate of drug-likeness (QED) is 0.138. The fourth-order valence-electron chi connectivity index (χ4n) is 10.5. The van der Waals surface area contributed by atoms with Gasteiger partial charge in [-0.3, -0.25) is 0 Å². The molecule has 0 amide bonds. The number of benzene rings is 12. The first-order chi connectivity index (χ1) is 33.7. The summed E-state index contributed by atoms with van der Waals surface area (Å²) in [5.74, 6) is 0. The van der Waals surface area contributed by atoms with Gasteiger partial charge in [0.05, 0.1) is 11.0 Å². The highest BCUT2D eigenvalue weighted by molar-refractivity contribution is 6.19. The second-order valence-electron chi connectivity index (χ2n) is 17.7.